The van der Waals surface area contributed by atoms with Gasteiger partial charge in [0.2, 0.25) is 0 Å². The van der Waals surface area contributed by atoms with Gasteiger partial charge in [-0.05, 0) is 44.0 Å². The Morgan fingerprint density at radius 1 is 1.26 bits per heavy atom. The Hall–Kier alpha value is -2.30. The van der Waals surface area contributed by atoms with Crippen molar-refractivity contribution in [3.05, 3.63) is 40.7 Å². The lowest BCUT2D eigenvalue weighted by Gasteiger charge is -2.10. The molecule has 0 aliphatic heterocycles. The van der Waals surface area contributed by atoms with Crippen LogP contribution in [0, 0.1) is 20.8 Å². The fourth-order valence-corrected chi connectivity index (χ4v) is 1.95. The topological polar surface area (TPSA) is 67.2 Å². The van der Waals surface area contributed by atoms with Crippen molar-refractivity contribution in [2.75, 3.05) is 5.32 Å². The number of nitrogens with zero attached hydrogens (tertiary/aromatic N) is 2. The fourth-order valence-electron chi connectivity index (χ4n) is 1.95. The van der Waals surface area contributed by atoms with Crippen molar-refractivity contribution in [2.24, 2.45) is 7.05 Å². The molecule has 100 valence electrons. The number of rotatable bonds is 2. The standard InChI is InChI=1S/C14H17N3O2/c1-8-6-13(18)9(2)5-12(8)15-14(19)11-7-17(4)16-10(11)3/h5-7,18H,1-4H3,(H,15,19). The number of phenols is 1. The molecule has 1 aromatic heterocycles. The van der Waals surface area contributed by atoms with Crippen LogP contribution in [0.5, 0.6) is 5.75 Å². The van der Waals surface area contributed by atoms with E-state index in [1.165, 1.54) is 0 Å². The SMILES string of the molecule is Cc1cc(NC(=O)c2cn(C)nc2C)c(C)cc1O. The largest absolute Gasteiger partial charge is 0.508 e. The lowest BCUT2D eigenvalue weighted by molar-refractivity contribution is 0.102. The Morgan fingerprint density at radius 3 is 2.53 bits per heavy atom. The molecule has 1 heterocycles. The van der Waals surface area contributed by atoms with E-state index in [4.69, 9.17) is 0 Å². The number of aromatic nitrogens is 2. The van der Waals surface area contributed by atoms with Gasteiger partial charge in [-0.25, -0.2) is 0 Å². The molecule has 0 aliphatic rings. The highest BCUT2D eigenvalue weighted by Gasteiger charge is 2.14. The van der Waals surface area contributed by atoms with Gasteiger partial charge in [-0.1, -0.05) is 0 Å². The van der Waals surface area contributed by atoms with E-state index in [1.807, 2.05) is 6.92 Å². The monoisotopic (exact) mass is 259 g/mol. The molecule has 2 N–H and O–H groups in total. The molecule has 5 nitrogen and oxygen atoms in total. The summed E-state index contributed by atoms with van der Waals surface area (Å²) in [6.07, 6.45) is 1.69. The average Bonchev–Trinajstić information content (AvgIpc) is 2.65. The third-order valence-electron chi connectivity index (χ3n) is 3.05. The van der Waals surface area contributed by atoms with Gasteiger partial charge in [-0.15, -0.1) is 0 Å². The molecule has 5 heteroatoms. The van der Waals surface area contributed by atoms with E-state index in [9.17, 15) is 9.90 Å². The average molecular weight is 259 g/mol. The van der Waals surface area contributed by atoms with Gasteiger partial charge in [0, 0.05) is 18.9 Å². The Labute approximate surface area is 111 Å². The van der Waals surface area contributed by atoms with E-state index in [1.54, 1.807) is 43.9 Å². The Morgan fingerprint density at radius 2 is 1.95 bits per heavy atom. The van der Waals surface area contributed by atoms with E-state index < -0.39 is 0 Å². The minimum atomic E-state index is -0.196. The second kappa shape index (κ2) is 4.76. The molecule has 0 unspecified atom stereocenters. The van der Waals surface area contributed by atoms with Crippen molar-refractivity contribution >= 4 is 11.6 Å². The summed E-state index contributed by atoms with van der Waals surface area (Å²) >= 11 is 0. The summed E-state index contributed by atoms with van der Waals surface area (Å²) in [6, 6.07) is 3.40. The van der Waals surface area contributed by atoms with Crippen molar-refractivity contribution < 1.29 is 9.90 Å². The molecule has 0 bridgehead atoms. The fraction of sp³-hybridized carbons (Fsp3) is 0.286. The van der Waals surface area contributed by atoms with Gasteiger partial charge in [0.1, 0.15) is 5.75 Å². The maximum atomic E-state index is 12.2. The summed E-state index contributed by atoms with van der Waals surface area (Å²) in [7, 11) is 1.78. The van der Waals surface area contributed by atoms with Gasteiger partial charge in [-0.2, -0.15) is 5.10 Å². The minimum Gasteiger partial charge on any atom is -0.508 e. The minimum absolute atomic E-state index is 0.196. The molecule has 0 fully saturated rings. The van der Waals surface area contributed by atoms with Gasteiger partial charge < -0.3 is 10.4 Å². The molecule has 0 spiro atoms. The zero-order chi connectivity index (χ0) is 14.2. The van der Waals surface area contributed by atoms with E-state index in [-0.39, 0.29) is 11.7 Å². The van der Waals surface area contributed by atoms with Gasteiger partial charge in [0.15, 0.2) is 0 Å². The quantitative estimate of drug-likeness (QED) is 0.813. The van der Waals surface area contributed by atoms with Crippen molar-refractivity contribution in [2.45, 2.75) is 20.8 Å². The number of hydrogen-bond donors (Lipinski definition) is 2. The number of aryl methyl sites for hydroxylation is 4. The summed E-state index contributed by atoms with van der Waals surface area (Å²) in [5, 5.41) is 16.6. The number of anilines is 1. The second-order valence-electron chi connectivity index (χ2n) is 4.71. The molecule has 0 saturated carbocycles. The molecule has 2 rings (SSSR count). The molecule has 0 saturated heterocycles. The Kier molecular flexibility index (Phi) is 3.29. The number of amides is 1. The molecule has 0 radical (unpaired) electrons. The Balaban J connectivity index is 2.29. The lowest BCUT2D eigenvalue weighted by Crippen LogP contribution is -2.13. The molecule has 1 aromatic carbocycles. The summed E-state index contributed by atoms with van der Waals surface area (Å²) in [5.41, 5.74) is 3.48. The number of phenolic OH excluding ortho intramolecular Hbond substituents is 1. The highest BCUT2D eigenvalue weighted by atomic mass is 16.3. The van der Waals surface area contributed by atoms with Crippen molar-refractivity contribution in [1.29, 1.82) is 0 Å². The summed E-state index contributed by atoms with van der Waals surface area (Å²) < 4.78 is 1.61. The van der Waals surface area contributed by atoms with Gasteiger partial charge in [-0.3, -0.25) is 9.48 Å². The van der Waals surface area contributed by atoms with Crippen LogP contribution in [0.4, 0.5) is 5.69 Å². The third kappa shape index (κ3) is 2.59. The van der Waals surface area contributed by atoms with Crippen molar-refractivity contribution in [3.8, 4) is 5.75 Å². The van der Waals surface area contributed by atoms with E-state index in [0.717, 1.165) is 11.1 Å². The van der Waals surface area contributed by atoms with Gasteiger partial charge in [0.25, 0.3) is 5.91 Å². The highest BCUT2D eigenvalue weighted by Crippen LogP contribution is 2.25. The van der Waals surface area contributed by atoms with Crippen LogP contribution >= 0.6 is 0 Å². The summed E-state index contributed by atoms with van der Waals surface area (Å²) in [5.74, 6) is 0.0341. The number of carbonyl (C=O) groups is 1. The molecule has 19 heavy (non-hydrogen) atoms. The lowest BCUT2D eigenvalue weighted by atomic mass is 10.1. The first kappa shape index (κ1) is 13.1. The first-order valence-electron chi connectivity index (χ1n) is 6.00. The smallest absolute Gasteiger partial charge is 0.259 e. The van der Waals surface area contributed by atoms with Crippen LogP contribution < -0.4 is 5.32 Å². The van der Waals surface area contributed by atoms with Crippen LogP contribution in [-0.4, -0.2) is 20.8 Å². The first-order chi connectivity index (χ1) is 8.88. The molecule has 1 amide bonds. The van der Waals surface area contributed by atoms with E-state index in [0.29, 0.717) is 16.9 Å². The highest BCUT2D eigenvalue weighted by molar-refractivity contribution is 6.05. The van der Waals surface area contributed by atoms with Gasteiger partial charge >= 0.3 is 0 Å². The predicted molar refractivity (Wildman–Crippen MR) is 73.5 cm³/mol. The first-order valence-corrected chi connectivity index (χ1v) is 6.00. The van der Waals surface area contributed by atoms with Crippen molar-refractivity contribution in [1.82, 2.24) is 9.78 Å². The molecule has 0 atom stereocenters. The van der Waals surface area contributed by atoms with Crippen molar-refractivity contribution in [3.63, 3.8) is 0 Å². The maximum absolute atomic E-state index is 12.2. The predicted octanol–water partition coefficient (Wildman–Crippen LogP) is 2.30. The number of hydrogen-bond acceptors (Lipinski definition) is 3. The van der Waals surface area contributed by atoms with Crippen LogP contribution in [-0.2, 0) is 7.05 Å². The normalized spacial score (nSPS) is 10.5. The summed E-state index contributed by atoms with van der Waals surface area (Å²) in [4.78, 5) is 12.2. The van der Waals surface area contributed by atoms with E-state index in [2.05, 4.69) is 10.4 Å². The van der Waals surface area contributed by atoms with Gasteiger partial charge in [0.05, 0.1) is 11.3 Å². The zero-order valence-corrected chi connectivity index (χ0v) is 11.5. The number of aromatic hydroxyl groups is 1. The third-order valence-corrected chi connectivity index (χ3v) is 3.05. The van der Waals surface area contributed by atoms with Crippen LogP contribution in [0.15, 0.2) is 18.3 Å². The molecule has 2 aromatic rings. The maximum Gasteiger partial charge on any atom is 0.259 e. The number of nitrogens with one attached hydrogen (secondary N) is 1. The number of carbonyl (C=O) groups excluding carboxylic acids is 1. The van der Waals surface area contributed by atoms with Crippen LogP contribution in [0.2, 0.25) is 0 Å². The Bertz CT molecular complexity index is 644. The molecule has 0 aliphatic carbocycles. The van der Waals surface area contributed by atoms with E-state index >= 15 is 0 Å². The summed E-state index contributed by atoms with van der Waals surface area (Å²) in [6.45, 7) is 5.43. The van der Waals surface area contributed by atoms with Crippen LogP contribution in [0.25, 0.3) is 0 Å². The zero-order valence-electron chi connectivity index (χ0n) is 11.5. The number of benzene rings is 1. The van der Waals surface area contributed by atoms with Crippen LogP contribution in [0.1, 0.15) is 27.2 Å². The molecular formula is C14H17N3O2. The second-order valence-corrected chi connectivity index (χ2v) is 4.71. The molecular weight excluding hydrogens is 242 g/mol. The van der Waals surface area contributed by atoms with Crippen LogP contribution in [0.3, 0.4) is 0 Å².